The molecule has 0 radical (unpaired) electrons. The number of aromatic hydroxyl groups is 1. The minimum atomic E-state index is -1.88. The van der Waals surface area contributed by atoms with Crippen molar-refractivity contribution in [2.75, 3.05) is 21.3 Å². The summed E-state index contributed by atoms with van der Waals surface area (Å²) in [6.45, 7) is 1.72. The van der Waals surface area contributed by atoms with Gasteiger partial charge in [-0.1, -0.05) is 24.6 Å². The van der Waals surface area contributed by atoms with Gasteiger partial charge in [0.2, 0.25) is 23.1 Å². The van der Waals surface area contributed by atoms with E-state index in [1.165, 1.54) is 33.5 Å². The lowest BCUT2D eigenvalue weighted by Gasteiger charge is -2.41. The summed E-state index contributed by atoms with van der Waals surface area (Å²) in [6.07, 6.45) is 0.192. The minimum absolute atomic E-state index is 0.0258. The van der Waals surface area contributed by atoms with Crippen molar-refractivity contribution in [1.29, 1.82) is 0 Å². The summed E-state index contributed by atoms with van der Waals surface area (Å²) >= 11 is 6.50. The lowest BCUT2D eigenvalue weighted by atomic mass is 9.66. The third-order valence-electron chi connectivity index (χ3n) is 7.16. The van der Waals surface area contributed by atoms with E-state index in [9.17, 15) is 19.5 Å². The van der Waals surface area contributed by atoms with Crippen molar-refractivity contribution in [3.63, 3.8) is 0 Å². The van der Waals surface area contributed by atoms with Crippen LogP contribution < -0.4 is 24.3 Å². The average molecular weight is 514 g/mol. The Balaban J connectivity index is 1.67. The second kappa shape index (κ2) is 8.44. The number of allylic oxidation sites excluding steroid dienone is 1. The Labute approximate surface area is 211 Å². The molecule has 3 aliphatic rings. The Bertz CT molecular complexity index is 1370. The molecule has 36 heavy (non-hydrogen) atoms. The van der Waals surface area contributed by atoms with Crippen LogP contribution in [0, 0.1) is 5.92 Å². The van der Waals surface area contributed by atoms with Crippen LogP contribution in [0.4, 0.5) is 0 Å². The van der Waals surface area contributed by atoms with Gasteiger partial charge in [-0.3, -0.25) is 14.4 Å². The first-order valence-electron chi connectivity index (χ1n) is 11.3. The SMILES string of the molecule is COc1cc(C2CC(=O)NC3=C2C(=O)C2(Oc4c(Cl)c(OC)cc(OC)c4C2=O)C(C)C3)ccc1O. The van der Waals surface area contributed by atoms with Gasteiger partial charge >= 0.3 is 0 Å². The molecule has 5 rings (SSSR count). The molecule has 3 unspecified atom stereocenters. The fraction of sp³-hybridized carbons (Fsp3) is 0.346. The number of benzene rings is 2. The standard InChI is InChI=1S/C26H24ClNO8/c1-11-7-14-20(13(9-19(30)28-14)12-5-6-15(29)16(8-12)33-2)24(31)26(11)25(32)21-17(34-3)10-18(35-4)22(27)23(21)36-26/h5-6,8,10-11,13,29H,7,9H2,1-4H3,(H,28,30). The molecule has 0 saturated carbocycles. The van der Waals surface area contributed by atoms with Crippen molar-refractivity contribution in [2.24, 2.45) is 5.92 Å². The van der Waals surface area contributed by atoms with E-state index < -0.39 is 29.0 Å². The molecule has 0 aromatic heterocycles. The first-order chi connectivity index (χ1) is 17.2. The summed E-state index contributed by atoms with van der Waals surface area (Å²) in [7, 11) is 4.23. The molecule has 1 spiro atoms. The van der Waals surface area contributed by atoms with Gasteiger partial charge in [0.15, 0.2) is 17.2 Å². The van der Waals surface area contributed by atoms with Gasteiger partial charge in [0.25, 0.3) is 0 Å². The fourth-order valence-electron chi connectivity index (χ4n) is 5.39. The molecular weight excluding hydrogens is 490 g/mol. The molecule has 3 atom stereocenters. The number of carbonyl (C=O) groups is 3. The van der Waals surface area contributed by atoms with E-state index in [0.717, 1.165) is 0 Å². The van der Waals surface area contributed by atoms with E-state index >= 15 is 0 Å². The summed E-state index contributed by atoms with van der Waals surface area (Å²) in [5, 5.41) is 12.9. The molecule has 188 valence electrons. The second-order valence-electron chi connectivity index (χ2n) is 9.03. The maximum absolute atomic E-state index is 14.3. The van der Waals surface area contributed by atoms with Crippen molar-refractivity contribution in [3.05, 3.63) is 51.7 Å². The van der Waals surface area contributed by atoms with Crippen LogP contribution in [0.15, 0.2) is 35.5 Å². The molecule has 2 heterocycles. The Kier molecular flexibility index (Phi) is 5.63. The molecule has 0 saturated heterocycles. The highest BCUT2D eigenvalue weighted by Crippen LogP contribution is 2.55. The molecule has 2 N–H and O–H groups in total. The first kappa shape index (κ1) is 24.0. The summed E-state index contributed by atoms with van der Waals surface area (Å²) in [6, 6.07) is 6.13. The number of hydrogen-bond donors (Lipinski definition) is 2. The van der Waals surface area contributed by atoms with E-state index in [1.807, 2.05) is 0 Å². The Morgan fingerprint density at radius 1 is 1.00 bits per heavy atom. The van der Waals surface area contributed by atoms with Gasteiger partial charge in [-0.25, -0.2) is 0 Å². The van der Waals surface area contributed by atoms with Crippen LogP contribution in [0.3, 0.4) is 0 Å². The molecule has 2 aliphatic heterocycles. The predicted molar refractivity (Wildman–Crippen MR) is 128 cm³/mol. The molecule has 0 bridgehead atoms. The number of amides is 1. The number of ether oxygens (including phenoxy) is 4. The van der Waals surface area contributed by atoms with Gasteiger partial charge in [-0.15, -0.1) is 0 Å². The van der Waals surface area contributed by atoms with E-state index in [1.54, 1.807) is 19.1 Å². The normalized spacial score (nSPS) is 24.8. The van der Waals surface area contributed by atoms with Crippen LogP contribution in [-0.4, -0.2) is 49.5 Å². The number of halogens is 1. The highest BCUT2D eigenvalue weighted by Gasteiger charge is 2.63. The summed E-state index contributed by atoms with van der Waals surface area (Å²) in [5.41, 5.74) is -0.482. The number of carbonyl (C=O) groups excluding carboxylic acids is 3. The molecular formula is C26H24ClNO8. The van der Waals surface area contributed by atoms with Crippen molar-refractivity contribution in [3.8, 4) is 28.7 Å². The minimum Gasteiger partial charge on any atom is -0.504 e. The Morgan fingerprint density at radius 2 is 1.69 bits per heavy atom. The number of nitrogens with one attached hydrogen (secondary N) is 1. The van der Waals surface area contributed by atoms with Gasteiger partial charge in [-0.05, 0) is 24.1 Å². The number of ketones is 2. The van der Waals surface area contributed by atoms with Crippen molar-refractivity contribution in [1.82, 2.24) is 5.32 Å². The summed E-state index contributed by atoms with van der Waals surface area (Å²) in [5.74, 6) is -2.06. The largest absolute Gasteiger partial charge is 0.504 e. The summed E-state index contributed by atoms with van der Waals surface area (Å²) in [4.78, 5) is 40.9. The van der Waals surface area contributed by atoms with Gasteiger partial charge in [0.05, 0.1) is 21.3 Å². The molecule has 10 heteroatoms. The Hall–Kier alpha value is -3.72. The number of Topliss-reactive ketones (excluding diaryl/α,β-unsaturated/α-hetero) is 2. The highest BCUT2D eigenvalue weighted by atomic mass is 35.5. The number of phenolic OH excluding ortho intramolecular Hbond substituents is 1. The summed E-state index contributed by atoms with van der Waals surface area (Å²) < 4.78 is 22.2. The zero-order chi connectivity index (χ0) is 25.9. The van der Waals surface area contributed by atoms with Gasteiger partial charge in [0, 0.05) is 35.6 Å². The smallest absolute Gasteiger partial charge is 0.236 e. The lowest BCUT2D eigenvalue weighted by molar-refractivity contribution is -0.131. The number of fused-ring (bicyclic) bond motifs is 1. The highest BCUT2D eigenvalue weighted by molar-refractivity contribution is 6.36. The van der Waals surface area contributed by atoms with E-state index in [2.05, 4.69) is 5.32 Å². The maximum Gasteiger partial charge on any atom is 0.236 e. The number of rotatable bonds is 4. The fourth-order valence-corrected chi connectivity index (χ4v) is 5.65. The predicted octanol–water partition coefficient (Wildman–Crippen LogP) is 3.55. The van der Waals surface area contributed by atoms with E-state index in [0.29, 0.717) is 11.3 Å². The molecule has 1 amide bonds. The van der Waals surface area contributed by atoms with Crippen molar-refractivity contribution < 1.29 is 38.4 Å². The molecule has 2 aromatic carbocycles. The molecule has 9 nitrogen and oxygen atoms in total. The Morgan fingerprint density at radius 3 is 2.36 bits per heavy atom. The first-order valence-corrected chi connectivity index (χ1v) is 11.7. The van der Waals surface area contributed by atoms with Gasteiger partial charge < -0.3 is 29.4 Å². The maximum atomic E-state index is 14.3. The number of methoxy groups -OCH3 is 3. The molecule has 2 aromatic rings. The van der Waals surface area contributed by atoms with Gasteiger partial charge in [0.1, 0.15) is 22.1 Å². The monoisotopic (exact) mass is 513 g/mol. The van der Waals surface area contributed by atoms with Crippen LogP contribution in [0.1, 0.15) is 41.6 Å². The van der Waals surface area contributed by atoms with Crippen molar-refractivity contribution >= 4 is 29.1 Å². The number of phenols is 1. The van der Waals surface area contributed by atoms with Crippen LogP contribution in [-0.2, 0) is 9.59 Å². The van der Waals surface area contributed by atoms with Crippen LogP contribution >= 0.6 is 11.6 Å². The topological polar surface area (TPSA) is 120 Å². The molecule has 1 aliphatic carbocycles. The number of hydrogen-bond acceptors (Lipinski definition) is 8. The quantitative estimate of drug-likeness (QED) is 0.595. The van der Waals surface area contributed by atoms with Crippen LogP contribution in [0.2, 0.25) is 5.02 Å². The van der Waals surface area contributed by atoms with E-state index in [-0.39, 0.29) is 63.7 Å². The lowest BCUT2D eigenvalue weighted by Crippen LogP contribution is -2.59. The van der Waals surface area contributed by atoms with Crippen molar-refractivity contribution in [2.45, 2.75) is 31.3 Å². The van der Waals surface area contributed by atoms with Crippen LogP contribution in [0.5, 0.6) is 28.7 Å². The zero-order valence-corrected chi connectivity index (χ0v) is 20.8. The second-order valence-corrected chi connectivity index (χ2v) is 9.41. The zero-order valence-electron chi connectivity index (χ0n) is 20.1. The average Bonchev–Trinajstić information content (AvgIpc) is 3.17. The third kappa shape index (κ3) is 3.19. The third-order valence-corrected chi connectivity index (χ3v) is 7.52. The van der Waals surface area contributed by atoms with Crippen LogP contribution in [0.25, 0.3) is 0 Å². The van der Waals surface area contributed by atoms with E-state index in [4.69, 9.17) is 30.5 Å². The van der Waals surface area contributed by atoms with Gasteiger partial charge in [-0.2, -0.15) is 0 Å². The molecule has 0 fully saturated rings.